The largest absolute Gasteiger partial charge is 0.474 e. The van der Waals surface area contributed by atoms with Crippen LogP contribution in [0.1, 0.15) is 40.2 Å². The predicted octanol–water partition coefficient (Wildman–Crippen LogP) is 4.50. The molecule has 3 atom stereocenters. The molecule has 1 saturated heterocycles. The maximum absolute atomic E-state index is 15.2. The highest BCUT2D eigenvalue weighted by atomic mass is 19.1. The fourth-order valence-electron chi connectivity index (χ4n) is 4.07. The number of nitrogens with zero attached hydrogens (tertiary/aromatic N) is 2. The number of fused-ring (bicyclic) bond motifs is 1. The van der Waals surface area contributed by atoms with Crippen molar-refractivity contribution in [2.45, 2.75) is 51.9 Å². The van der Waals surface area contributed by atoms with Crippen molar-refractivity contribution in [3.8, 4) is 17.1 Å². The second-order valence-electron chi connectivity index (χ2n) is 10.0. The molecule has 1 aliphatic carbocycles. The number of hydrogen-bond donors (Lipinski definition) is 1. The second-order valence-corrected chi connectivity index (χ2v) is 10.0. The van der Waals surface area contributed by atoms with Crippen molar-refractivity contribution in [3.05, 3.63) is 47.5 Å². The molecular formula is C24H28F2N2O4. The molecule has 0 bridgehead atoms. The number of likely N-dealkylation sites (tertiary alicyclic amines) is 1. The Morgan fingerprint density at radius 3 is 2.22 bits per heavy atom. The molecule has 8 heteroatoms. The molecule has 2 aromatic rings. The van der Waals surface area contributed by atoms with Crippen molar-refractivity contribution in [2.24, 2.45) is 11.8 Å². The molecule has 32 heavy (non-hydrogen) atoms. The zero-order valence-corrected chi connectivity index (χ0v) is 18.9. The van der Waals surface area contributed by atoms with Crippen molar-refractivity contribution < 1.29 is 28.2 Å². The minimum Gasteiger partial charge on any atom is -0.474 e. The Bertz CT molecular complexity index is 1020. The van der Waals surface area contributed by atoms with E-state index in [1.807, 2.05) is 20.8 Å². The average Bonchev–Trinajstić information content (AvgIpc) is 3.09. The van der Waals surface area contributed by atoms with E-state index in [4.69, 9.17) is 9.47 Å². The molecule has 1 saturated carbocycles. The van der Waals surface area contributed by atoms with Crippen molar-refractivity contribution in [1.82, 2.24) is 9.88 Å². The van der Waals surface area contributed by atoms with Crippen molar-refractivity contribution in [1.29, 1.82) is 0 Å². The van der Waals surface area contributed by atoms with Gasteiger partial charge in [0.05, 0.1) is 5.60 Å². The summed E-state index contributed by atoms with van der Waals surface area (Å²) in [4.78, 5) is 18.3. The summed E-state index contributed by atoms with van der Waals surface area (Å²) in [5.41, 5.74) is -1.61. The molecule has 4 rings (SSSR count). The number of piperidine rings is 1. The van der Waals surface area contributed by atoms with Crippen LogP contribution in [0.4, 0.5) is 13.6 Å². The minimum atomic E-state index is -1.47. The highest BCUT2D eigenvalue weighted by Crippen LogP contribution is 2.48. The van der Waals surface area contributed by atoms with Crippen LogP contribution in [0.3, 0.4) is 0 Å². The molecule has 2 aliphatic rings. The maximum Gasteiger partial charge on any atom is 0.410 e. The van der Waals surface area contributed by atoms with Gasteiger partial charge in [0.15, 0.2) is 5.82 Å². The van der Waals surface area contributed by atoms with Gasteiger partial charge in [-0.05, 0) is 58.9 Å². The van der Waals surface area contributed by atoms with Crippen molar-refractivity contribution >= 4 is 6.09 Å². The first kappa shape index (κ1) is 22.5. The van der Waals surface area contributed by atoms with Crippen LogP contribution >= 0.6 is 0 Å². The summed E-state index contributed by atoms with van der Waals surface area (Å²) in [5.74, 6) is -0.636. The lowest BCUT2D eigenvalue weighted by Gasteiger charge is -2.26. The van der Waals surface area contributed by atoms with Gasteiger partial charge in [0.2, 0.25) is 5.88 Å². The smallest absolute Gasteiger partial charge is 0.410 e. The molecule has 1 aromatic heterocycles. The standard InChI is InChI=1S/C24H28F2N2O4/c1-23(2,3)32-22(29)28-11-15-16(12-28)21(15)31-18-10-17(24(4,5)30)19(26)20(27-18)13-6-8-14(25)9-7-13/h6-10,15-16,21,30H,11-12H2,1-5H3/t15-,16+,21?. The van der Waals surface area contributed by atoms with E-state index in [0.717, 1.165) is 0 Å². The molecule has 0 radical (unpaired) electrons. The number of hydrogen-bond acceptors (Lipinski definition) is 5. The lowest BCUT2D eigenvalue weighted by atomic mass is 9.96. The zero-order chi connectivity index (χ0) is 23.4. The molecule has 1 N–H and O–H groups in total. The maximum atomic E-state index is 15.2. The summed E-state index contributed by atoms with van der Waals surface area (Å²) in [6, 6.07) is 6.73. The van der Waals surface area contributed by atoms with Crippen LogP contribution in [0.25, 0.3) is 11.3 Å². The monoisotopic (exact) mass is 446 g/mol. The number of aliphatic hydroxyl groups is 1. The zero-order valence-electron chi connectivity index (χ0n) is 18.9. The first-order valence-electron chi connectivity index (χ1n) is 10.7. The van der Waals surface area contributed by atoms with Crippen LogP contribution in [-0.2, 0) is 10.3 Å². The minimum absolute atomic E-state index is 0.0131. The Kier molecular flexibility index (Phi) is 5.40. The molecule has 1 aromatic carbocycles. The van der Waals surface area contributed by atoms with E-state index in [1.165, 1.54) is 44.2 Å². The highest BCUT2D eigenvalue weighted by molar-refractivity contribution is 5.69. The molecule has 1 amide bonds. The number of amides is 1. The van der Waals surface area contributed by atoms with Gasteiger partial charge < -0.3 is 19.5 Å². The number of halogens is 2. The van der Waals surface area contributed by atoms with Crippen molar-refractivity contribution in [3.63, 3.8) is 0 Å². The Morgan fingerprint density at radius 2 is 1.69 bits per heavy atom. The Hall–Kier alpha value is -2.74. The first-order valence-corrected chi connectivity index (χ1v) is 10.7. The second kappa shape index (κ2) is 7.69. The van der Waals surface area contributed by atoms with E-state index in [2.05, 4.69) is 4.98 Å². The van der Waals surface area contributed by atoms with Gasteiger partial charge in [0, 0.05) is 42.1 Å². The predicted molar refractivity (Wildman–Crippen MR) is 114 cm³/mol. The molecule has 1 aliphatic heterocycles. The first-order chi connectivity index (χ1) is 14.8. The Morgan fingerprint density at radius 1 is 1.09 bits per heavy atom. The SMILES string of the molecule is CC(C)(C)OC(=O)N1C[C@@H]2C(Oc3cc(C(C)(C)O)c(F)c(-c4ccc(F)cc4)n3)[C@@H]2C1. The van der Waals surface area contributed by atoms with Gasteiger partial charge in [0.1, 0.15) is 23.2 Å². The van der Waals surface area contributed by atoms with Gasteiger partial charge in [-0.15, -0.1) is 0 Å². The lowest BCUT2D eigenvalue weighted by Crippen LogP contribution is -2.38. The van der Waals surface area contributed by atoms with Crippen LogP contribution in [0.15, 0.2) is 30.3 Å². The number of ether oxygens (including phenoxy) is 2. The molecule has 1 unspecified atom stereocenters. The summed E-state index contributed by atoms with van der Waals surface area (Å²) in [7, 11) is 0. The fraction of sp³-hybridized carbons (Fsp3) is 0.500. The summed E-state index contributed by atoms with van der Waals surface area (Å²) >= 11 is 0. The molecule has 2 fully saturated rings. The van der Waals surface area contributed by atoms with E-state index >= 15 is 4.39 Å². The Balaban J connectivity index is 1.53. The summed E-state index contributed by atoms with van der Waals surface area (Å²) in [5, 5.41) is 10.5. The highest BCUT2D eigenvalue weighted by Gasteiger charge is 2.59. The molecular weight excluding hydrogens is 418 g/mol. The number of aromatic nitrogens is 1. The normalized spacial score (nSPS) is 22.5. The van der Waals surface area contributed by atoms with Gasteiger partial charge in [-0.3, -0.25) is 0 Å². The van der Waals surface area contributed by atoms with E-state index in [0.29, 0.717) is 18.7 Å². The quantitative estimate of drug-likeness (QED) is 0.749. The van der Waals surface area contributed by atoms with Gasteiger partial charge in [-0.2, -0.15) is 0 Å². The van der Waals surface area contributed by atoms with Crippen LogP contribution in [-0.4, -0.2) is 45.9 Å². The number of carbonyl (C=O) groups excluding carboxylic acids is 1. The number of benzene rings is 1. The summed E-state index contributed by atoms with van der Waals surface area (Å²) in [6.07, 6.45) is -0.492. The van der Waals surface area contributed by atoms with Crippen LogP contribution < -0.4 is 4.74 Å². The number of carbonyl (C=O) groups is 1. The van der Waals surface area contributed by atoms with Gasteiger partial charge >= 0.3 is 6.09 Å². The van der Waals surface area contributed by atoms with Crippen molar-refractivity contribution in [2.75, 3.05) is 13.1 Å². The van der Waals surface area contributed by atoms with E-state index in [9.17, 15) is 14.3 Å². The third-order valence-corrected chi connectivity index (χ3v) is 5.73. The fourth-order valence-corrected chi connectivity index (χ4v) is 4.07. The van der Waals surface area contributed by atoms with E-state index < -0.39 is 22.8 Å². The molecule has 2 heterocycles. The van der Waals surface area contributed by atoms with E-state index in [-0.39, 0.29) is 41.2 Å². The third-order valence-electron chi connectivity index (χ3n) is 5.73. The average molecular weight is 446 g/mol. The molecule has 0 spiro atoms. The van der Waals surface area contributed by atoms with Crippen LogP contribution in [0.5, 0.6) is 5.88 Å². The number of rotatable bonds is 4. The summed E-state index contributed by atoms with van der Waals surface area (Å²) < 4.78 is 40.0. The van der Waals surface area contributed by atoms with E-state index in [1.54, 1.807) is 4.90 Å². The summed E-state index contributed by atoms with van der Waals surface area (Å²) in [6.45, 7) is 9.48. The van der Waals surface area contributed by atoms with Crippen LogP contribution in [0.2, 0.25) is 0 Å². The van der Waals surface area contributed by atoms with Gasteiger partial charge in [-0.1, -0.05) is 0 Å². The van der Waals surface area contributed by atoms with Gasteiger partial charge in [0.25, 0.3) is 0 Å². The Labute approximate surface area is 186 Å². The molecule has 6 nitrogen and oxygen atoms in total. The van der Waals surface area contributed by atoms with Gasteiger partial charge in [-0.25, -0.2) is 18.6 Å². The third kappa shape index (κ3) is 4.55. The topological polar surface area (TPSA) is 71.9 Å². The number of pyridine rings is 1. The molecule has 172 valence electrons. The lowest BCUT2D eigenvalue weighted by molar-refractivity contribution is 0.0252. The van der Waals surface area contributed by atoms with Crippen LogP contribution in [0, 0.1) is 23.5 Å².